The molecule has 3 N–H and O–H groups in total. The summed E-state index contributed by atoms with van der Waals surface area (Å²) in [5.41, 5.74) is 3.19. The average Bonchev–Trinajstić information content (AvgIpc) is 3.03. The van der Waals surface area contributed by atoms with Crippen molar-refractivity contribution in [3.8, 4) is 5.75 Å². The molecule has 0 radical (unpaired) electrons. The summed E-state index contributed by atoms with van der Waals surface area (Å²) in [7, 11) is 6.08. The Morgan fingerprint density at radius 3 is 2.31 bits per heavy atom. The third kappa shape index (κ3) is 10.0. The molecule has 13 heteroatoms. The van der Waals surface area contributed by atoms with E-state index in [2.05, 4.69) is 15.6 Å². The number of aliphatic carboxylic acids is 1. The fraction of sp³-hybridized carbons (Fsp3) is 0.344. The quantitative estimate of drug-likeness (QED) is 0.214. The lowest BCUT2D eigenvalue weighted by molar-refractivity contribution is -0.142. The van der Waals surface area contributed by atoms with E-state index in [0.29, 0.717) is 40.7 Å². The molecule has 13 nitrogen and oxygen atoms in total. The molecule has 0 saturated carbocycles. The zero-order chi connectivity index (χ0) is 32.9. The maximum absolute atomic E-state index is 13.1. The normalized spacial score (nSPS) is 11.3. The van der Waals surface area contributed by atoms with Gasteiger partial charge in [-0.3, -0.25) is 19.3 Å². The number of carboxylic acids is 1. The van der Waals surface area contributed by atoms with Crippen LogP contribution in [0.1, 0.15) is 29.2 Å². The second-order valence-corrected chi connectivity index (χ2v) is 10.2. The Balaban J connectivity index is 1.65. The molecule has 0 fully saturated rings. The first kappa shape index (κ1) is 34.5. The minimum atomic E-state index is -1.08. The summed E-state index contributed by atoms with van der Waals surface area (Å²) in [5, 5.41) is 15.0. The summed E-state index contributed by atoms with van der Waals surface area (Å²) in [4.78, 5) is 56.9. The second kappa shape index (κ2) is 16.7. The van der Waals surface area contributed by atoms with Gasteiger partial charge in [-0.25, -0.2) is 9.78 Å². The number of benzene rings is 2. The van der Waals surface area contributed by atoms with Crippen molar-refractivity contribution < 1.29 is 38.5 Å². The molecule has 45 heavy (non-hydrogen) atoms. The van der Waals surface area contributed by atoms with Crippen LogP contribution in [0.25, 0.3) is 0 Å². The van der Waals surface area contributed by atoms with Crippen molar-refractivity contribution in [2.75, 3.05) is 63.7 Å². The van der Waals surface area contributed by atoms with Gasteiger partial charge in [0.05, 0.1) is 44.9 Å². The monoisotopic (exact) mass is 621 g/mol. The highest BCUT2D eigenvalue weighted by atomic mass is 16.5. The molecule has 3 rings (SSSR count). The first-order valence-corrected chi connectivity index (χ1v) is 14.1. The van der Waals surface area contributed by atoms with Crippen LogP contribution in [0.4, 0.5) is 22.0 Å². The fourth-order valence-corrected chi connectivity index (χ4v) is 4.37. The Hall–Kier alpha value is -5.01. The van der Waals surface area contributed by atoms with E-state index >= 15 is 0 Å². The van der Waals surface area contributed by atoms with E-state index in [1.54, 1.807) is 43.4 Å². The largest absolute Gasteiger partial charge is 0.495 e. The van der Waals surface area contributed by atoms with Gasteiger partial charge in [0.1, 0.15) is 18.2 Å². The van der Waals surface area contributed by atoms with E-state index in [9.17, 15) is 24.3 Å². The molecule has 240 valence electrons. The number of aryl methyl sites for hydroxylation is 1. The SMILES string of the molecule is COCCOCC(=O)N(C)C(CC(=O)O)c1ccc(N(C)C(=O)Cc2ccc(NC(=O)Nc3ccccc3C)c(OC)c2)nc1. The molecule has 0 aliphatic heterocycles. The van der Waals surface area contributed by atoms with E-state index in [1.165, 1.54) is 37.3 Å². The zero-order valence-electron chi connectivity index (χ0n) is 26.0. The van der Waals surface area contributed by atoms with Crippen LogP contribution >= 0.6 is 0 Å². The van der Waals surface area contributed by atoms with E-state index in [-0.39, 0.29) is 32.0 Å². The number of urea groups is 1. The van der Waals surface area contributed by atoms with Crippen molar-refractivity contribution in [3.05, 3.63) is 77.5 Å². The first-order valence-electron chi connectivity index (χ1n) is 14.1. The number of carbonyl (C=O) groups excluding carboxylic acids is 3. The van der Waals surface area contributed by atoms with E-state index in [4.69, 9.17) is 14.2 Å². The number of methoxy groups -OCH3 is 2. The topological polar surface area (TPSA) is 160 Å². The first-order chi connectivity index (χ1) is 21.5. The van der Waals surface area contributed by atoms with Gasteiger partial charge in [0, 0.05) is 33.1 Å². The lowest BCUT2D eigenvalue weighted by atomic mass is 10.0. The van der Waals surface area contributed by atoms with E-state index < -0.39 is 23.9 Å². The number of para-hydroxylation sites is 1. The number of hydrogen-bond acceptors (Lipinski definition) is 8. The van der Waals surface area contributed by atoms with Crippen LogP contribution in [0.5, 0.6) is 5.75 Å². The summed E-state index contributed by atoms with van der Waals surface area (Å²) in [6.07, 6.45) is 1.14. The van der Waals surface area contributed by atoms with Gasteiger partial charge in [-0.1, -0.05) is 30.3 Å². The third-order valence-corrected chi connectivity index (χ3v) is 7.02. The van der Waals surface area contributed by atoms with Gasteiger partial charge in [-0.15, -0.1) is 0 Å². The molecule has 4 amide bonds. The number of ether oxygens (including phenoxy) is 3. The number of pyridine rings is 1. The van der Waals surface area contributed by atoms with Crippen LogP contribution in [-0.4, -0.2) is 86.9 Å². The lowest BCUT2D eigenvalue weighted by Crippen LogP contribution is -2.35. The van der Waals surface area contributed by atoms with Gasteiger partial charge in [-0.2, -0.15) is 0 Å². The van der Waals surface area contributed by atoms with Crippen LogP contribution in [0, 0.1) is 6.92 Å². The molecule has 1 heterocycles. The average molecular weight is 622 g/mol. The van der Waals surface area contributed by atoms with Crippen LogP contribution in [-0.2, 0) is 30.3 Å². The molecule has 1 unspecified atom stereocenters. The summed E-state index contributed by atoms with van der Waals surface area (Å²) in [6, 6.07) is 14.5. The fourth-order valence-electron chi connectivity index (χ4n) is 4.37. The molecule has 1 atom stereocenters. The van der Waals surface area contributed by atoms with Crippen molar-refractivity contribution in [3.63, 3.8) is 0 Å². The number of hydrogen-bond donors (Lipinski definition) is 3. The molecular weight excluding hydrogens is 582 g/mol. The van der Waals surface area contributed by atoms with Crippen molar-refractivity contribution in [2.45, 2.75) is 25.8 Å². The molecule has 3 aromatic rings. The smallest absolute Gasteiger partial charge is 0.323 e. The molecular formula is C32H39N5O8. The lowest BCUT2D eigenvalue weighted by Gasteiger charge is -2.27. The minimum Gasteiger partial charge on any atom is -0.495 e. The number of carboxylic acid groups (broad SMARTS) is 1. The molecule has 0 spiro atoms. The highest BCUT2D eigenvalue weighted by molar-refractivity contribution is 6.01. The van der Waals surface area contributed by atoms with Gasteiger partial charge >= 0.3 is 12.0 Å². The summed E-state index contributed by atoms with van der Waals surface area (Å²) in [6.45, 7) is 2.23. The third-order valence-electron chi connectivity index (χ3n) is 7.02. The van der Waals surface area contributed by atoms with Gasteiger partial charge in [0.25, 0.3) is 0 Å². The van der Waals surface area contributed by atoms with E-state index in [0.717, 1.165) is 5.56 Å². The summed E-state index contributed by atoms with van der Waals surface area (Å²) >= 11 is 0. The van der Waals surface area contributed by atoms with Crippen molar-refractivity contribution in [1.82, 2.24) is 9.88 Å². The van der Waals surface area contributed by atoms with Gasteiger partial charge < -0.3 is 34.9 Å². The highest BCUT2D eigenvalue weighted by Gasteiger charge is 2.25. The minimum absolute atomic E-state index is 0.0218. The van der Waals surface area contributed by atoms with E-state index in [1.807, 2.05) is 25.1 Å². The maximum atomic E-state index is 13.1. The zero-order valence-corrected chi connectivity index (χ0v) is 26.0. The number of nitrogens with zero attached hydrogens (tertiary/aromatic N) is 3. The Labute approximate surface area is 262 Å². The molecule has 1 aromatic heterocycles. The number of rotatable bonds is 15. The molecule has 0 aliphatic rings. The second-order valence-electron chi connectivity index (χ2n) is 10.2. The summed E-state index contributed by atoms with van der Waals surface area (Å²) in [5.74, 6) is -1.01. The number of amides is 4. The van der Waals surface area contributed by atoms with Crippen molar-refractivity contribution in [1.29, 1.82) is 0 Å². The number of anilines is 3. The van der Waals surface area contributed by atoms with Crippen LogP contribution in [0.15, 0.2) is 60.8 Å². The van der Waals surface area contributed by atoms with Gasteiger partial charge in [-0.05, 0) is 47.9 Å². The standard InChI is InChI=1S/C32H39N5O8/c1-21-8-6-7-9-24(21)34-32(42)35-25-12-10-22(16-27(25)44-5)17-29(38)37(3)28-13-11-23(19-33-28)26(18-31(40)41)36(2)30(39)20-45-15-14-43-4/h6-13,16,19,26H,14-15,17-18,20H2,1-5H3,(H,40,41)(H2,34,35,42). The molecule has 0 bridgehead atoms. The Kier molecular flexibility index (Phi) is 12.8. The van der Waals surface area contributed by atoms with Crippen LogP contribution < -0.4 is 20.3 Å². The molecule has 0 aliphatic carbocycles. The number of likely N-dealkylation sites (N-methyl/N-ethyl adjacent to an activating group) is 2. The Bertz CT molecular complexity index is 1480. The number of aromatic nitrogens is 1. The summed E-state index contributed by atoms with van der Waals surface area (Å²) < 4.78 is 15.6. The van der Waals surface area contributed by atoms with Crippen LogP contribution in [0.2, 0.25) is 0 Å². The number of carbonyl (C=O) groups is 4. The van der Waals surface area contributed by atoms with Crippen molar-refractivity contribution in [2.24, 2.45) is 0 Å². The Morgan fingerprint density at radius 2 is 1.67 bits per heavy atom. The Morgan fingerprint density at radius 1 is 0.933 bits per heavy atom. The molecule has 0 saturated heterocycles. The van der Waals surface area contributed by atoms with Crippen molar-refractivity contribution >= 4 is 41.0 Å². The van der Waals surface area contributed by atoms with Crippen LogP contribution in [0.3, 0.4) is 0 Å². The predicted octanol–water partition coefficient (Wildman–Crippen LogP) is 3.89. The number of nitrogens with one attached hydrogen (secondary N) is 2. The predicted molar refractivity (Wildman–Crippen MR) is 169 cm³/mol. The van der Waals surface area contributed by atoms with Gasteiger partial charge in [0.2, 0.25) is 11.8 Å². The molecule has 2 aromatic carbocycles. The van der Waals surface area contributed by atoms with Gasteiger partial charge in [0.15, 0.2) is 0 Å². The highest BCUT2D eigenvalue weighted by Crippen LogP contribution is 2.28. The maximum Gasteiger partial charge on any atom is 0.323 e.